The van der Waals surface area contributed by atoms with E-state index in [1.807, 2.05) is 18.2 Å². The van der Waals surface area contributed by atoms with Crippen LogP contribution in [0, 0.1) is 0 Å². The largest absolute Gasteiger partial charge is 0.311 e. The molecule has 1 N–H and O–H groups in total. The zero-order chi connectivity index (χ0) is 14.7. The van der Waals surface area contributed by atoms with Crippen LogP contribution >= 0.6 is 23.2 Å². The van der Waals surface area contributed by atoms with Crippen LogP contribution in [-0.4, -0.2) is 30.1 Å². The van der Waals surface area contributed by atoms with E-state index in [1.54, 1.807) is 0 Å². The smallest absolute Gasteiger partial charge is 0.0454 e. The molecule has 3 unspecified atom stereocenters. The highest BCUT2D eigenvalue weighted by molar-refractivity contribution is 6.33. The lowest BCUT2D eigenvalue weighted by molar-refractivity contribution is 0.0851. The molecule has 1 aliphatic rings. The van der Waals surface area contributed by atoms with Crippen molar-refractivity contribution in [2.45, 2.75) is 51.7 Å². The SMILES string of the molecule is CCC1CN(C(C)c2cc(Cl)ccc2Cl)C(CC)CN1. The highest BCUT2D eigenvalue weighted by Crippen LogP contribution is 2.32. The summed E-state index contributed by atoms with van der Waals surface area (Å²) in [4.78, 5) is 2.57. The summed E-state index contributed by atoms with van der Waals surface area (Å²) >= 11 is 12.5. The summed E-state index contributed by atoms with van der Waals surface area (Å²) in [6, 6.07) is 7.17. The summed E-state index contributed by atoms with van der Waals surface area (Å²) in [7, 11) is 0. The third-order valence-corrected chi connectivity index (χ3v) is 4.99. The van der Waals surface area contributed by atoms with E-state index in [4.69, 9.17) is 23.2 Å². The summed E-state index contributed by atoms with van der Waals surface area (Å²) in [5.74, 6) is 0. The monoisotopic (exact) mass is 314 g/mol. The Labute approximate surface area is 132 Å². The lowest BCUT2D eigenvalue weighted by Crippen LogP contribution is -2.56. The van der Waals surface area contributed by atoms with Crippen molar-refractivity contribution in [3.63, 3.8) is 0 Å². The van der Waals surface area contributed by atoms with Gasteiger partial charge in [0.05, 0.1) is 0 Å². The van der Waals surface area contributed by atoms with Crippen LogP contribution in [0.2, 0.25) is 10.0 Å². The van der Waals surface area contributed by atoms with Gasteiger partial charge in [0, 0.05) is 41.3 Å². The molecule has 3 atom stereocenters. The minimum Gasteiger partial charge on any atom is -0.311 e. The molecule has 4 heteroatoms. The second-order valence-electron chi connectivity index (χ2n) is 5.61. The molecule has 1 aromatic rings. The number of benzene rings is 1. The topological polar surface area (TPSA) is 15.3 Å². The van der Waals surface area contributed by atoms with Crippen molar-refractivity contribution >= 4 is 23.2 Å². The van der Waals surface area contributed by atoms with E-state index >= 15 is 0 Å². The van der Waals surface area contributed by atoms with E-state index in [2.05, 4.69) is 31.0 Å². The number of halogens is 2. The van der Waals surface area contributed by atoms with Crippen LogP contribution in [0.5, 0.6) is 0 Å². The number of hydrogen-bond donors (Lipinski definition) is 1. The molecule has 0 aliphatic carbocycles. The first-order valence-corrected chi connectivity index (χ1v) is 8.26. The molecule has 0 bridgehead atoms. The van der Waals surface area contributed by atoms with E-state index in [9.17, 15) is 0 Å². The van der Waals surface area contributed by atoms with Gasteiger partial charge in [-0.15, -0.1) is 0 Å². The predicted octanol–water partition coefficient (Wildman–Crippen LogP) is 4.52. The molecule has 2 nitrogen and oxygen atoms in total. The molecule has 2 rings (SSSR count). The maximum atomic E-state index is 6.37. The van der Waals surface area contributed by atoms with Crippen molar-refractivity contribution < 1.29 is 0 Å². The van der Waals surface area contributed by atoms with Crippen LogP contribution in [0.15, 0.2) is 18.2 Å². The van der Waals surface area contributed by atoms with Gasteiger partial charge < -0.3 is 5.32 Å². The van der Waals surface area contributed by atoms with E-state index < -0.39 is 0 Å². The average molecular weight is 315 g/mol. The van der Waals surface area contributed by atoms with Crippen molar-refractivity contribution in [3.05, 3.63) is 33.8 Å². The van der Waals surface area contributed by atoms with Gasteiger partial charge in [-0.3, -0.25) is 4.90 Å². The molecule has 0 aromatic heterocycles. The molecule has 0 radical (unpaired) electrons. The third-order valence-electron chi connectivity index (χ3n) is 4.41. The minimum atomic E-state index is 0.294. The van der Waals surface area contributed by atoms with E-state index in [1.165, 1.54) is 0 Å². The normalized spacial score (nSPS) is 25.6. The third kappa shape index (κ3) is 3.48. The van der Waals surface area contributed by atoms with Crippen LogP contribution in [-0.2, 0) is 0 Å². The summed E-state index contributed by atoms with van der Waals surface area (Å²) in [5.41, 5.74) is 1.13. The summed E-state index contributed by atoms with van der Waals surface area (Å²) < 4.78 is 0. The number of rotatable bonds is 4. The van der Waals surface area contributed by atoms with Crippen LogP contribution < -0.4 is 5.32 Å². The van der Waals surface area contributed by atoms with Crippen molar-refractivity contribution in [2.24, 2.45) is 0 Å². The van der Waals surface area contributed by atoms with E-state index in [0.29, 0.717) is 18.1 Å². The Morgan fingerprint density at radius 3 is 2.70 bits per heavy atom. The van der Waals surface area contributed by atoms with Crippen LogP contribution in [0.1, 0.15) is 45.2 Å². The van der Waals surface area contributed by atoms with Crippen LogP contribution in [0.25, 0.3) is 0 Å². The Morgan fingerprint density at radius 1 is 1.30 bits per heavy atom. The molecule has 112 valence electrons. The van der Waals surface area contributed by atoms with Gasteiger partial charge >= 0.3 is 0 Å². The van der Waals surface area contributed by atoms with Crippen molar-refractivity contribution in [3.8, 4) is 0 Å². The Morgan fingerprint density at radius 2 is 2.05 bits per heavy atom. The van der Waals surface area contributed by atoms with Crippen LogP contribution in [0.4, 0.5) is 0 Å². The zero-order valence-electron chi connectivity index (χ0n) is 12.5. The van der Waals surface area contributed by atoms with E-state index in [-0.39, 0.29) is 0 Å². The zero-order valence-corrected chi connectivity index (χ0v) is 14.0. The first-order chi connectivity index (χ1) is 9.56. The fourth-order valence-corrected chi connectivity index (χ4v) is 3.48. The fraction of sp³-hybridized carbons (Fsp3) is 0.625. The minimum absolute atomic E-state index is 0.294. The number of nitrogens with zero attached hydrogens (tertiary/aromatic N) is 1. The maximum Gasteiger partial charge on any atom is 0.0454 e. The van der Waals surface area contributed by atoms with E-state index in [0.717, 1.165) is 41.5 Å². The van der Waals surface area contributed by atoms with Crippen molar-refractivity contribution in [1.29, 1.82) is 0 Å². The van der Waals surface area contributed by atoms with Crippen molar-refractivity contribution in [2.75, 3.05) is 13.1 Å². The molecule has 20 heavy (non-hydrogen) atoms. The van der Waals surface area contributed by atoms with Gasteiger partial charge in [-0.05, 0) is 43.5 Å². The second-order valence-corrected chi connectivity index (χ2v) is 6.46. The molecule has 1 fully saturated rings. The molecule has 1 aliphatic heterocycles. The molecular weight excluding hydrogens is 291 g/mol. The number of hydrogen-bond acceptors (Lipinski definition) is 2. The Hall–Kier alpha value is -0.280. The summed E-state index contributed by atoms with van der Waals surface area (Å²) in [6.07, 6.45) is 2.30. The standard InChI is InChI=1S/C16H24Cl2N2/c1-4-13-10-20(14(5-2)9-19-13)11(3)15-8-12(17)6-7-16(15)18/h6-8,11,13-14,19H,4-5,9-10H2,1-3H3. The average Bonchev–Trinajstić information content (AvgIpc) is 2.48. The highest BCUT2D eigenvalue weighted by Gasteiger charge is 2.30. The Kier molecular flexibility index (Phi) is 5.74. The van der Waals surface area contributed by atoms with Gasteiger partial charge in [0.1, 0.15) is 0 Å². The van der Waals surface area contributed by atoms with Crippen molar-refractivity contribution in [1.82, 2.24) is 10.2 Å². The van der Waals surface area contributed by atoms with Gasteiger partial charge in [0.25, 0.3) is 0 Å². The lowest BCUT2D eigenvalue weighted by atomic mass is 9.99. The number of nitrogens with one attached hydrogen (secondary N) is 1. The molecule has 1 aromatic carbocycles. The van der Waals surface area contributed by atoms with Gasteiger partial charge in [-0.25, -0.2) is 0 Å². The van der Waals surface area contributed by atoms with Gasteiger partial charge in [0.2, 0.25) is 0 Å². The first kappa shape index (κ1) is 16.1. The van der Waals surface area contributed by atoms with Crippen LogP contribution in [0.3, 0.4) is 0 Å². The molecule has 0 saturated carbocycles. The van der Waals surface area contributed by atoms with Gasteiger partial charge in [-0.1, -0.05) is 37.0 Å². The lowest BCUT2D eigenvalue weighted by Gasteiger charge is -2.43. The molecule has 0 amide bonds. The highest BCUT2D eigenvalue weighted by atomic mass is 35.5. The Bertz CT molecular complexity index is 450. The molecular formula is C16H24Cl2N2. The quantitative estimate of drug-likeness (QED) is 0.879. The number of piperazine rings is 1. The Balaban J connectivity index is 2.24. The molecule has 1 heterocycles. The summed E-state index contributed by atoms with van der Waals surface area (Å²) in [5, 5.41) is 5.20. The second kappa shape index (κ2) is 7.13. The summed E-state index contributed by atoms with van der Waals surface area (Å²) in [6.45, 7) is 8.84. The molecule has 1 saturated heterocycles. The fourth-order valence-electron chi connectivity index (χ4n) is 3.03. The molecule has 0 spiro atoms. The first-order valence-electron chi connectivity index (χ1n) is 7.50. The maximum absolute atomic E-state index is 6.37. The van der Waals surface area contributed by atoms with Gasteiger partial charge in [-0.2, -0.15) is 0 Å². The van der Waals surface area contributed by atoms with Gasteiger partial charge in [0.15, 0.2) is 0 Å². The predicted molar refractivity (Wildman–Crippen MR) is 87.7 cm³/mol.